The smallest absolute Gasteiger partial charge is 0.223 e. The van der Waals surface area contributed by atoms with E-state index in [0.29, 0.717) is 11.7 Å². The van der Waals surface area contributed by atoms with Crippen LogP contribution in [-0.2, 0) is 4.79 Å². The molecule has 2 N–H and O–H groups in total. The van der Waals surface area contributed by atoms with Crippen LogP contribution >= 0.6 is 11.8 Å². The van der Waals surface area contributed by atoms with Crippen molar-refractivity contribution in [3.8, 4) is 0 Å². The molecule has 1 aromatic rings. The van der Waals surface area contributed by atoms with Gasteiger partial charge >= 0.3 is 0 Å². The van der Waals surface area contributed by atoms with Crippen molar-refractivity contribution in [3.63, 3.8) is 0 Å². The van der Waals surface area contributed by atoms with E-state index in [1.54, 1.807) is 11.8 Å². The van der Waals surface area contributed by atoms with Crippen LogP contribution in [0.15, 0.2) is 30.3 Å². The van der Waals surface area contributed by atoms with Gasteiger partial charge < -0.3 is 5.32 Å². The minimum atomic E-state index is 0.0152. The van der Waals surface area contributed by atoms with E-state index in [1.807, 2.05) is 18.2 Å². The number of thioether (sulfide) groups is 1. The molecule has 0 bridgehead atoms. The molecule has 1 heterocycles. The summed E-state index contributed by atoms with van der Waals surface area (Å²) in [4.78, 5) is 11.7. The molecule has 1 saturated heterocycles. The number of rotatable bonds is 3. The summed E-state index contributed by atoms with van der Waals surface area (Å²) >= 11 is 1.73. The second-order valence-corrected chi connectivity index (χ2v) is 6.15. The maximum atomic E-state index is 11.7. The third-order valence-corrected chi connectivity index (χ3v) is 3.71. The summed E-state index contributed by atoms with van der Waals surface area (Å²) in [5.41, 5.74) is 1.19. The van der Waals surface area contributed by atoms with Crippen molar-refractivity contribution in [2.45, 2.75) is 37.1 Å². The first-order chi connectivity index (χ1) is 8.15. The minimum Gasteiger partial charge on any atom is -0.332 e. The van der Waals surface area contributed by atoms with Crippen molar-refractivity contribution in [2.75, 3.05) is 0 Å². The number of nitrogens with one attached hydrogen (secondary N) is 2. The van der Waals surface area contributed by atoms with E-state index in [2.05, 4.69) is 36.6 Å². The first-order valence-corrected chi connectivity index (χ1v) is 6.85. The van der Waals surface area contributed by atoms with Gasteiger partial charge in [0.15, 0.2) is 0 Å². The highest BCUT2D eigenvalue weighted by molar-refractivity contribution is 8.00. The Hall–Kier alpha value is -1.00. The predicted molar refractivity (Wildman–Crippen MR) is 71.6 cm³/mol. The maximum Gasteiger partial charge on any atom is 0.223 e. The van der Waals surface area contributed by atoms with Crippen LogP contribution < -0.4 is 10.6 Å². The molecular formula is C13H18N2OS. The Morgan fingerprint density at radius 2 is 2.00 bits per heavy atom. The number of benzene rings is 1. The van der Waals surface area contributed by atoms with Crippen LogP contribution in [0.2, 0.25) is 0 Å². The van der Waals surface area contributed by atoms with E-state index in [9.17, 15) is 4.79 Å². The average Bonchev–Trinajstić information content (AvgIpc) is 2.28. The highest BCUT2D eigenvalue weighted by Crippen LogP contribution is 2.24. The molecule has 2 rings (SSSR count). The first kappa shape index (κ1) is 12.5. The molecule has 17 heavy (non-hydrogen) atoms. The number of hydrogen-bond acceptors (Lipinski definition) is 3. The van der Waals surface area contributed by atoms with Crippen molar-refractivity contribution < 1.29 is 4.79 Å². The summed E-state index contributed by atoms with van der Waals surface area (Å²) in [7, 11) is 0. The largest absolute Gasteiger partial charge is 0.332 e. The molecular weight excluding hydrogens is 232 g/mol. The SMILES string of the molecule is CC(C)SC1NC(=O)CC(c2ccccc2)N1. The van der Waals surface area contributed by atoms with Gasteiger partial charge in [-0.05, 0) is 5.56 Å². The quantitative estimate of drug-likeness (QED) is 0.864. The zero-order chi connectivity index (χ0) is 12.3. The lowest BCUT2D eigenvalue weighted by molar-refractivity contribution is -0.123. The molecule has 1 amide bonds. The molecule has 3 nitrogen and oxygen atoms in total. The van der Waals surface area contributed by atoms with E-state index in [4.69, 9.17) is 0 Å². The number of carbonyl (C=O) groups excluding carboxylic acids is 1. The van der Waals surface area contributed by atoms with Crippen LogP contribution in [0.5, 0.6) is 0 Å². The lowest BCUT2D eigenvalue weighted by atomic mass is 10.0. The fourth-order valence-corrected chi connectivity index (χ4v) is 2.91. The second-order valence-electron chi connectivity index (χ2n) is 4.47. The fourth-order valence-electron chi connectivity index (χ4n) is 1.92. The monoisotopic (exact) mass is 250 g/mol. The summed E-state index contributed by atoms with van der Waals surface area (Å²) in [5, 5.41) is 6.91. The highest BCUT2D eigenvalue weighted by Gasteiger charge is 2.27. The third kappa shape index (κ3) is 3.48. The van der Waals surface area contributed by atoms with Crippen LogP contribution in [0.25, 0.3) is 0 Å². The van der Waals surface area contributed by atoms with E-state index < -0.39 is 0 Å². The minimum absolute atomic E-state index is 0.0152. The van der Waals surface area contributed by atoms with Crippen LogP contribution in [0.4, 0.5) is 0 Å². The Morgan fingerprint density at radius 3 is 2.65 bits per heavy atom. The summed E-state index contributed by atoms with van der Waals surface area (Å²) in [6, 6.07) is 10.3. The van der Waals surface area contributed by atoms with Gasteiger partial charge in [-0.2, -0.15) is 0 Å². The molecule has 0 spiro atoms. The standard InChI is InChI=1S/C13H18N2OS/c1-9(2)17-13-14-11(8-12(16)15-13)10-6-4-3-5-7-10/h3-7,9,11,13-14H,8H2,1-2H3,(H,15,16). The fraction of sp³-hybridized carbons (Fsp3) is 0.462. The van der Waals surface area contributed by atoms with Crippen molar-refractivity contribution in [3.05, 3.63) is 35.9 Å². The van der Waals surface area contributed by atoms with Crippen molar-refractivity contribution in [1.82, 2.24) is 10.6 Å². The summed E-state index contributed by atoms with van der Waals surface area (Å²) in [6.45, 7) is 4.26. The van der Waals surface area contributed by atoms with E-state index in [-0.39, 0.29) is 17.4 Å². The molecule has 0 aliphatic carbocycles. The molecule has 92 valence electrons. The highest BCUT2D eigenvalue weighted by atomic mass is 32.2. The van der Waals surface area contributed by atoms with Gasteiger partial charge in [-0.1, -0.05) is 44.2 Å². The van der Waals surface area contributed by atoms with Gasteiger partial charge in [0.2, 0.25) is 5.91 Å². The Morgan fingerprint density at radius 1 is 1.29 bits per heavy atom. The zero-order valence-corrected chi connectivity index (χ0v) is 11.0. The van der Waals surface area contributed by atoms with Crippen molar-refractivity contribution >= 4 is 17.7 Å². The Balaban J connectivity index is 2.06. The molecule has 0 saturated carbocycles. The molecule has 1 fully saturated rings. The second kappa shape index (κ2) is 5.56. The van der Waals surface area contributed by atoms with Crippen LogP contribution in [-0.4, -0.2) is 16.7 Å². The third-order valence-electron chi connectivity index (χ3n) is 2.64. The molecule has 2 unspecified atom stereocenters. The number of amides is 1. The number of carbonyl (C=O) groups is 1. The summed E-state index contributed by atoms with van der Waals surface area (Å²) in [5.74, 6) is 0.121. The van der Waals surface area contributed by atoms with Crippen LogP contribution in [0.3, 0.4) is 0 Å². The molecule has 1 aliphatic heterocycles. The van der Waals surface area contributed by atoms with Gasteiger partial charge in [-0.25, -0.2) is 0 Å². The summed E-state index contributed by atoms with van der Waals surface area (Å²) < 4.78 is 0. The van der Waals surface area contributed by atoms with Gasteiger partial charge in [0.1, 0.15) is 5.50 Å². The zero-order valence-electron chi connectivity index (χ0n) is 10.1. The van der Waals surface area contributed by atoms with E-state index in [0.717, 1.165) is 0 Å². The lowest BCUT2D eigenvalue weighted by Crippen LogP contribution is -2.51. The van der Waals surface area contributed by atoms with Crippen LogP contribution in [0, 0.1) is 0 Å². The Labute approximate surface area is 106 Å². The van der Waals surface area contributed by atoms with Gasteiger partial charge in [-0.15, -0.1) is 11.8 Å². The molecule has 2 atom stereocenters. The van der Waals surface area contributed by atoms with Crippen LogP contribution in [0.1, 0.15) is 31.9 Å². The maximum absolute atomic E-state index is 11.7. The van der Waals surface area contributed by atoms with Gasteiger partial charge in [0.05, 0.1) is 0 Å². The van der Waals surface area contributed by atoms with E-state index >= 15 is 0 Å². The average molecular weight is 250 g/mol. The normalized spacial score (nSPS) is 24.8. The van der Waals surface area contributed by atoms with Gasteiger partial charge in [0.25, 0.3) is 0 Å². The van der Waals surface area contributed by atoms with Crippen molar-refractivity contribution in [1.29, 1.82) is 0 Å². The van der Waals surface area contributed by atoms with E-state index in [1.165, 1.54) is 5.56 Å². The number of hydrogen-bond donors (Lipinski definition) is 2. The van der Waals surface area contributed by atoms with Gasteiger partial charge in [0, 0.05) is 17.7 Å². The van der Waals surface area contributed by atoms with Crippen molar-refractivity contribution in [2.24, 2.45) is 0 Å². The topological polar surface area (TPSA) is 41.1 Å². The Bertz CT molecular complexity index is 380. The predicted octanol–water partition coefficient (Wildman–Crippen LogP) is 2.26. The molecule has 0 radical (unpaired) electrons. The molecule has 0 aromatic heterocycles. The summed E-state index contributed by atoms with van der Waals surface area (Å²) in [6.07, 6.45) is 0.513. The Kier molecular flexibility index (Phi) is 4.07. The molecule has 1 aromatic carbocycles. The lowest BCUT2D eigenvalue weighted by Gasteiger charge is -2.32. The van der Waals surface area contributed by atoms with Gasteiger partial charge in [-0.3, -0.25) is 10.1 Å². The molecule has 1 aliphatic rings. The first-order valence-electron chi connectivity index (χ1n) is 5.91. The molecule has 4 heteroatoms.